The van der Waals surface area contributed by atoms with Gasteiger partial charge in [0.05, 0.1) is 5.69 Å². The Morgan fingerprint density at radius 1 is 1.20 bits per heavy atom. The fraction of sp³-hybridized carbons (Fsp3) is 0.500. The van der Waals surface area contributed by atoms with Gasteiger partial charge in [0.25, 0.3) is 0 Å². The summed E-state index contributed by atoms with van der Waals surface area (Å²) in [6, 6.07) is 7.30. The molecule has 20 heavy (non-hydrogen) atoms. The molecule has 1 amide bonds. The Hall–Kier alpha value is -1.35. The van der Waals surface area contributed by atoms with E-state index in [1.54, 1.807) is 13.1 Å². The SMILES string of the molecule is CN(C(=O)CCl)c1ccccc1C(=O)C1CCCCC1. The summed E-state index contributed by atoms with van der Waals surface area (Å²) in [4.78, 5) is 25.9. The molecule has 1 aromatic carbocycles. The first-order valence-electron chi connectivity index (χ1n) is 7.11. The van der Waals surface area contributed by atoms with Gasteiger partial charge in [0.1, 0.15) is 5.88 Å². The number of carbonyl (C=O) groups is 2. The first-order chi connectivity index (χ1) is 9.65. The summed E-state index contributed by atoms with van der Waals surface area (Å²) in [6.07, 6.45) is 5.38. The first kappa shape index (κ1) is 15.0. The third-order valence-electron chi connectivity index (χ3n) is 4.00. The molecule has 0 spiro atoms. The quantitative estimate of drug-likeness (QED) is 0.628. The second-order valence-corrected chi connectivity index (χ2v) is 5.57. The van der Waals surface area contributed by atoms with Gasteiger partial charge >= 0.3 is 0 Å². The standard InChI is InChI=1S/C16H20ClNO2/c1-18(15(19)11-17)14-10-6-5-9-13(14)16(20)12-7-3-2-4-8-12/h5-6,9-10,12H,2-4,7-8,11H2,1H3. The number of rotatable bonds is 4. The predicted molar refractivity (Wildman–Crippen MR) is 81.5 cm³/mol. The van der Waals surface area contributed by atoms with Crippen LogP contribution in [0.5, 0.6) is 0 Å². The van der Waals surface area contributed by atoms with E-state index in [-0.39, 0.29) is 23.5 Å². The van der Waals surface area contributed by atoms with E-state index in [2.05, 4.69) is 0 Å². The number of Topliss-reactive ketones (excluding diaryl/α,β-unsaturated/α-hetero) is 1. The van der Waals surface area contributed by atoms with E-state index in [0.29, 0.717) is 11.3 Å². The summed E-state index contributed by atoms with van der Waals surface area (Å²) < 4.78 is 0. The number of hydrogen-bond donors (Lipinski definition) is 0. The molecule has 0 aromatic heterocycles. The van der Waals surface area contributed by atoms with Gasteiger partial charge < -0.3 is 4.90 Å². The molecule has 3 nitrogen and oxygen atoms in total. The maximum atomic E-state index is 12.7. The van der Waals surface area contributed by atoms with Gasteiger partial charge in [-0.25, -0.2) is 0 Å². The fourth-order valence-corrected chi connectivity index (χ4v) is 2.96. The molecule has 0 saturated heterocycles. The van der Waals surface area contributed by atoms with Crippen LogP contribution in [-0.4, -0.2) is 24.6 Å². The van der Waals surface area contributed by atoms with E-state index >= 15 is 0 Å². The Bertz CT molecular complexity index is 495. The van der Waals surface area contributed by atoms with Crippen molar-refractivity contribution in [2.45, 2.75) is 32.1 Å². The molecule has 0 bridgehead atoms. The molecular weight excluding hydrogens is 274 g/mol. The third-order valence-corrected chi connectivity index (χ3v) is 4.22. The number of amides is 1. The minimum Gasteiger partial charge on any atom is -0.314 e. The van der Waals surface area contributed by atoms with Gasteiger partial charge in [-0.3, -0.25) is 9.59 Å². The van der Waals surface area contributed by atoms with Gasteiger partial charge in [-0.1, -0.05) is 31.4 Å². The van der Waals surface area contributed by atoms with Gasteiger partial charge in [0, 0.05) is 18.5 Å². The van der Waals surface area contributed by atoms with Crippen LogP contribution in [0, 0.1) is 5.92 Å². The van der Waals surface area contributed by atoms with Crippen molar-refractivity contribution in [3.8, 4) is 0 Å². The molecule has 0 N–H and O–H groups in total. The molecule has 1 aliphatic carbocycles. The maximum Gasteiger partial charge on any atom is 0.241 e. The van der Waals surface area contributed by atoms with Gasteiger partial charge in [-0.2, -0.15) is 0 Å². The zero-order valence-corrected chi connectivity index (χ0v) is 12.5. The van der Waals surface area contributed by atoms with Crippen molar-refractivity contribution in [1.82, 2.24) is 0 Å². The fourth-order valence-electron chi connectivity index (χ4n) is 2.78. The van der Waals surface area contributed by atoms with Crippen molar-refractivity contribution in [1.29, 1.82) is 0 Å². The molecule has 108 valence electrons. The summed E-state index contributed by atoms with van der Waals surface area (Å²) in [5, 5.41) is 0. The van der Waals surface area contributed by atoms with Gasteiger partial charge in [0.15, 0.2) is 5.78 Å². The van der Waals surface area contributed by atoms with Crippen molar-refractivity contribution >= 4 is 29.0 Å². The maximum absolute atomic E-state index is 12.7. The molecule has 4 heteroatoms. The number of anilines is 1. The molecule has 1 aromatic rings. The number of benzene rings is 1. The van der Waals surface area contributed by atoms with E-state index in [9.17, 15) is 9.59 Å². The van der Waals surface area contributed by atoms with Crippen LogP contribution in [-0.2, 0) is 4.79 Å². The Morgan fingerprint density at radius 3 is 2.50 bits per heavy atom. The van der Waals surface area contributed by atoms with Crippen LogP contribution in [0.4, 0.5) is 5.69 Å². The molecule has 0 atom stereocenters. The smallest absolute Gasteiger partial charge is 0.241 e. The minimum atomic E-state index is -0.199. The first-order valence-corrected chi connectivity index (χ1v) is 7.64. The number of alkyl halides is 1. The van der Waals surface area contributed by atoms with E-state index in [1.165, 1.54) is 11.3 Å². The van der Waals surface area contributed by atoms with Crippen molar-refractivity contribution < 1.29 is 9.59 Å². The van der Waals surface area contributed by atoms with E-state index in [1.807, 2.05) is 18.2 Å². The predicted octanol–water partition coefficient (Wildman–Crippen LogP) is 3.65. The summed E-state index contributed by atoms with van der Waals surface area (Å²) in [5.74, 6) is -0.0166. The van der Waals surface area contributed by atoms with Crippen LogP contribution < -0.4 is 4.90 Å². The molecule has 0 unspecified atom stereocenters. The number of hydrogen-bond acceptors (Lipinski definition) is 2. The average Bonchev–Trinajstić information content (AvgIpc) is 2.53. The number of para-hydroxylation sites is 1. The van der Waals surface area contributed by atoms with Gasteiger partial charge in [-0.15, -0.1) is 11.6 Å². The summed E-state index contributed by atoms with van der Waals surface area (Å²) >= 11 is 5.60. The lowest BCUT2D eigenvalue weighted by atomic mass is 9.83. The molecule has 0 heterocycles. The lowest BCUT2D eigenvalue weighted by Crippen LogP contribution is -2.30. The zero-order valence-electron chi connectivity index (χ0n) is 11.8. The Morgan fingerprint density at radius 2 is 1.85 bits per heavy atom. The highest BCUT2D eigenvalue weighted by Gasteiger charge is 2.25. The van der Waals surface area contributed by atoms with Crippen molar-refractivity contribution in [3.05, 3.63) is 29.8 Å². The normalized spacial score (nSPS) is 15.9. The lowest BCUT2D eigenvalue weighted by molar-refractivity contribution is -0.116. The number of halogens is 1. The van der Waals surface area contributed by atoms with Gasteiger partial charge in [-0.05, 0) is 25.0 Å². The minimum absolute atomic E-state index is 0.0809. The molecular formula is C16H20ClNO2. The van der Waals surface area contributed by atoms with Crippen LogP contribution in [0.2, 0.25) is 0 Å². The molecule has 1 saturated carbocycles. The summed E-state index contributed by atoms with van der Waals surface area (Å²) in [6.45, 7) is 0. The number of carbonyl (C=O) groups excluding carboxylic acids is 2. The van der Waals surface area contributed by atoms with Gasteiger partial charge in [0.2, 0.25) is 5.91 Å². The van der Waals surface area contributed by atoms with Crippen LogP contribution >= 0.6 is 11.6 Å². The Balaban J connectivity index is 2.27. The second-order valence-electron chi connectivity index (χ2n) is 5.30. The topological polar surface area (TPSA) is 37.4 Å². The zero-order chi connectivity index (χ0) is 14.5. The summed E-state index contributed by atoms with van der Waals surface area (Å²) in [7, 11) is 1.66. The van der Waals surface area contributed by atoms with Crippen molar-refractivity contribution in [3.63, 3.8) is 0 Å². The van der Waals surface area contributed by atoms with E-state index < -0.39 is 0 Å². The van der Waals surface area contributed by atoms with Crippen LogP contribution in [0.15, 0.2) is 24.3 Å². The Labute approximate surface area is 124 Å². The third kappa shape index (κ3) is 3.21. The largest absolute Gasteiger partial charge is 0.314 e. The van der Waals surface area contributed by atoms with E-state index in [0.717, 1.165) is 25.7 Å². The molecule has 2 rings (SSSR count). The lowest BCUT2D eigenvalue weighted by Gasteiger charge is -2.24. The van der Waals surface area contributed by atoms with Crippen LogP contribution in [0.1, 0.15) is 42.5 Å². The molecule has 0 aliphatic heterocycles. The number of ketones is 1. The summed E-state index contributed by atoms with van der Waals surface area (Å²) in [5.41, 5.74) is 1.30. The molecule has 0 radical (unpaired) electrons. The highest BCUT2D eigenvalue weighted by molar-refractivity contribution is 6.29. The Kier molecular flexibility index (Phi) is 5.18. The van der Waals surface area contributed by atoms with Crippen molar-refractivity contribution in [2.75, 3.05) is 17.8 Å². The average molecular weight is 294 g/mol. The van der Waals surface area contributed by atoms with Crippen LogP contribution in [0.25, 0.3) is 0 Å². The second kappa shape index (κ2) is 6.89. The monoisotopic (exact) mass is 293 g/mol. The van der Waals surface area contributed by atoms with E-state index in [4.69, 9.17) is 11.6 Å². The molecule has 1 aliphatic rings. The highest BCUT2D eigenvalue weighted by Crippen LogP contribution is 2.30. The van der Waals surface area contributed by atoms with Crippen LogP contribution in [0.3, 0.4) is 0 Å². The number of nitrogens with zero attached hydrogens (tertiary/aromatic N) is 1. The highest BCUT2D eigenvalue weighted by atomic mass is 35.5. The van der Waals surface area contributed by atoms with Crippen molar-refractivity contribution in [2.24, 2.45) is 5.92 Å². The molecule has 1 fully saturated rings.